The zero-order chi connectivity index (χ0) is 12.6. The Hall–Kier alpha value is -0.370. The van der Waals surface area contributed by atoms with Gasteiger partial charge in [0.05, 0.1) is 6.10 Å². The standard InChI is InChI=1S/C15H24O2/c1-13(2)6-5-7-14(3)10-9(16)8-15(14,4)12(17)11(10)13/h10-12,17H,5-8H2,1-4H3/t10-,11-,12+,14+,15+/m0/s1. The molecular formula is C15H24O2. The summed E-state index contributed by atoms with van der Waals surface area (Å²) < 4.78 is 0. The highest BCUT2D eigenvalue weighted by Gasteiger charge is 2.73. The maximum absolute atomic E-state index is 12.3. The SMILES string of the molecule is CC1(C)CCC[C@]2(C)[C@H]3C(=O)C[C@]2(C)[C@H](O)[C@H]31. The largest absolute Gasteiger partial charge is 0.392 e. The number of rotatable bonds is 0. The highest BCUT2D eigenvalue weighted by molar-refractivity contribution is 5.87. The molecule has 2 nitrogen and oxygen atoms in total. The second-order valence-corrected chi connectivity index (χ2v) is 7.77. The molecule has 0 amide bonds. The van der Waals surface area contributed by atoms with Crippen LogP contribution in [0, 0.1) is 28.1 Å². The molecule has 0 saturated heterocycles. The number of ketones is 1. The smallest absolute Gasteiger partial charge is 0.137 e. The predicted molar refractivity (Wildman–Crippen MR) is 66.5 cm³/mol. The molecule has 0 unspecified atom stereocenters. The third kappa shape index (κ3) is 1.09. The Morgan fingerprint density at radius 3 is 2.41 bits per heavy atom. The second kappa shape index (κ2) is 2.96. The van der Waals surface area contributed by atoms with E-state index < -0.39 is 0 Å². The lowest BCUT2D eigenvalue weighted by Gasteiger charge is -2.44. The van der Waals surface area contributed by atoms with Gasteiger partial charge < -0.3 is 5.11 Å². The number of hydrogen-bond donors (Lipinski definition) is 1. The summed E-state index contributed by atoms with van der Waals surface area (Å²) >= 11 is 0. The zero-order valence-electron chi connectivity index (χ0n) is 11.4. The summed E-state index contributed by atoms with van der Waals surface area (Å²) in [5, 5.41) is 10.7. The van der Waals surface area contributed by atoms with Crippen LogP contribution in [-0.2, 0) is 4.79 Å². The molecule has 0 spiro atoms. The minimum atomic E-state index is -0.287. The number of Topliss-reactive ketones (excluding diaryl/α,β-unsaturated/α-hetero) is 1. The molecule has 3 saturated carbocycles. The van der Waals surface area contributed by atoms with Gasteiger partial charge in [0.25, 0.3) is 0 Å². The summed E-state index contributed by atoms with van der Waals surface area (Å²) in [6, 6.07) is 0. The normalized spacial score (nSPS) is 56.1. The molecule has 0 heterocycles. The zero-order valence-corrected chi connectivity index (χ0v) is 11.4. The highest BCUT2D eigenvalue weighted by Crippen LogP contribution is 2.72. The van der Waals surface area contributed by atoms with Crippen LogP contribution in [0.4, 0.5) is 0 Å². The fourth-order valence-corrected chi connectivity index (χ4v) is 5.40. The van der Waals surface area contributed by atoms with E-state index in [9.17, 15) is 9.90 Å². The van der Waals surface area contributed by atoms with Crippen molar-refractivity contribution in [2.24, 2.45) is 28.1 Å². The molecule has 1 N–H and O–H groups in total. The molecule has 3 aliphatic rings. The maximum atomic E-state index is 12.3. The average Bonchev–Trinajstić information content (AvgIpc) is 2.44. The van der Waals surface area contributed by atoms with E-state index >= 15 is 0 Å². The van der Waals surface area contributed by atoms with Gasteiger partial charge in [-0.25, -0.2) is 0 Å². The molecule has 0 aromatic rings. The molecule has 0 aliphatic heterocycles. The minimum Gasteiger partial charge on any atom is -0.392 e. The maximum Gasteiger partial charge on any atom is 0.137 e. The van der Waals surface area contributed by atoms with Crippen LogP contribution in [0.25, 0.3) is 0 Å². The van der Waals surface area contributed by atoms with Crippen molar-refractivity contribution in [1.29, 1.82) is 0 Å². The van der Waals surface area contributed by atoms with Gasteiger partial charge >= 0.3 is 0 Å². The third-order valence-electron chi connectivity index (χ3n) is 6.65. The first-order valence-corrected chi connectivity index (χ1v) is 6.95. The molecule has 0 radical (unpaired) electrons. The van der Waals surface area contributed by atoms with Crippen LogP contribution in [0.15, 0.2) is 0 Å². The van der Waals surface area contributed by atoms with Gasteiger partial charge in [0.1, 0.15) is 5.78 Å². The Morgan fingerprint density at radius 2 is 1.76 bits per heavy atom. The molecule has 5 atom stereocenters. The van der Waals surface area contributed by atoms with Crippen molar-refractivity contribution in [3.05, 3.63) is 0 Å². The Morgan fingerprint density at radius 1 is 1.12 bits per heavy atom. The van der Waals surface area contributed by atoms with Crippen LogP contribution < -0.4 is 0 Å². The summed E-state index contributed by atoms with van der Waals surface area (Å²) in [7, 11) is 0. The van der Waals surface area contributed by atoms with Crippen molar-refractivity contribution in [3.8, 4) is 0 Å². The van der Waals surface area contributed by atoms with Crippen molar-refractivity contribution in [1.82, 2.24) is 0 Å². The monoisotopic (exact) mass is 236 g/mol. The van der Waals surface area contributed by atoms with Gasteiger partial charge in [0.15, 0.2) is 0 Å². The van der Waals surface area contributed by atoms with Crippen LogP contribution in [0.2, 0.25) is 0 Å². The average molecular weight is 236 g/mol. The third-order valence-corrected chi connectivity index (χ3v) is 6.65. The summed E-state index contributed by atoms with van der Waals surface area (Å²) in [5.74, 6) is 0.710. The molecule has 3 fully saturated rings. The van der Waals surface area contributed by atoms with Crippen molar-refractivity contribution >= 4 is 5.78 Å². The van der Waals surface area contributed by atoms with Gasteiger partial charge in [0, 0.05) is 23.7 Å². The van der Waals surface area contributed by atoms with Gasteiger partial charge in [-0.2, -0.15) is 0 Å². The molecule has 3 aliphatic carbocycles. The van der Waals surface area contributed by atoms with Crippen molar-refractivity contribution in [2.75, 3.05) is 0 Å². The topological polar surface area (TPSA) is 37.3 Å². The summed E-state index contributed by atoms with van der Waals surface area (Å²) in [4.78, 5) is 12.3. The first-order valence-electron chi connectivity index (χ1n) is 6.95. The van der Waals surface area contributed by atoms with E-state index in [1.807, 2.05) is 0 Å². The van der Waals surface area contributed by atoms with Gasteiger partial charge in [-0.15, -0.1) is 0 Å². The van der Waals surface area contributed by atoms with E-state index in [2.05, 4.69) is 27.7 Å². The summed E-state index contributed by atoms with van der Waals surface area (Å²) in [6.45, 7) is 8.89. The highest BCUT2D eigenvalue weighted by atomic mass is 16.3. The van der Waals surface area contributed by atoms with Crippen LogP contribution in [0.1, 0.15) is 53.4 Å². The molecule has 96 valence electrons. The lowest BCUT2D eigenvalue weighted by atomic mass is 9.63. The van der Waals surface area contributed by atoms with E-state index in [4.69, 9.17) is 0 Å². The van der Waals surface area contributed by atoms with Crippen LogP contribution in [0.3, 0.4) is 0 Å². The number of hydrogen-bond acceptors (Lipinski definition) is 2. The van der Waals surface area contributed by atoms with Crippen molar-refractivity contribution in [3.63, 3.8) is 0 Å². The number of carbonyl (C=O) groups excluding carboxylic acids is 1. The lowest BCUT2D eigenvalue weighted by Crippen LogP contribution is -2.45. The fraction of sp³-hybridized carbons (Fsp3) is 0.933. The Labute approximate surface area is 104 Å². The predicted octanol–water partition coefficient (Wildman–Crippen LogP) is 2.79. The van der Waals surface area contributed by atoms with Gasteiger partial charge in [0.2, 0.25) is 0 Å². The Bertz CT molecular complexity index is 386. The van der Waals surface area contributed by atoms with Crippen LogP contribution in [0.5, 0.6) is 0 Å². The van der Waals surface area contributed by atoms with Crippen molar-refractivity contribution < 1.29 is 9.90 Å². The van der Waals surface area contributed by atoms with Gasteiger partial charge in [-0.05, 0) is 23.7 Å². The van der Waals surface area contributed by atoms with Crippen LogP contribution in [-0.4, -0.2) is 17.0 Å². The molecule has 0 aromatic carbocycles. The van der Waals surface area contributed by atoms with E-state index in [1.54, 1.807) is 0 Å². The van der Waals surface area contributed by atoms with Crippen LogP contribution >= 0.6 is 0 Å². The summed E-state index contributed by atoms with van der Waals surface area (Å²) in [6.07, 6.45) is 3.76. The molecule has 4 bridgehead atoms. The first kappa shape index (κ1) is 11.7. The molecular weight excluding hydrogens is 212 g/mol. The number of aliphatic hydroxyl groups is 1. The molecule has 3 rings (SSSR count). The van der Waals surface area contributed by atoms with Gasteiger partial charge in [-0.1, -0.05) is 34.1 Å². The lowest BCUT2D eigenvalue weighted by molar-refractivity contribution is -0.132. The van der Waals surface area contributed by atoms with E-state index in [1.165, 1.54) is 6.42 Å². The Kier molecular flexibility index (Phi) is 2.04. The van der Waals surface area contributed by atoms with E-state index in [-0.39, 0.29) is 34.2 Å². The van der Waals surface area contributed by atoms with Gasteiger partial charge in [-0.3, -0.25) is 4.79 Å². The van der Waals surface area contributed by atoms with E-state index in [0.29, 0.717) is 12.2 Å². The van der Waals surface area contributed by atoms with E-state index in [0.717, 1.165) is 12.8 Å². The summed E-state index contributed by atoms with van der Waals surface area (Å²) in [5.41, 5.74) is -0.0191. The molecule has 2 heteroatoms. The quantitative estimate of drug-likeness (QED) is 0.702. The Balaban J connectivity index is 2.19. The molecule has 0 aromatic heterocycles. The fourth-order valence-electron chi connectivity index (χ4n) is 5.40. The number of carbonyl (C=O) groups is 1. The van der Waals surface area contributed by atoms with Crippen molar-refractivity contribution in [2.45, 2.75) is 59.5 Å². The second-order valence-electron chi connectivity index (χ2n) is 7.77. The number of aliphatic hydroxyl groups excluding tert-OH is 1. The minimum absolute atomic E-state index is 0.0436. The molecule has 17 heavy (non-hydrogen) atoms. The first-order chi connectivity index (χ1) is 7.74.